The third kappa shape index (κ3) is 8.70. The molecule has 0 aliphatic carbocycles. The molecular weight excluding hydrogens is 292 g/mol. The van der Waals surface area contributed by atoms with Crippen molar-refractivity contribution in [1.29, 1.82) is 0 Å². The number of hydrogen-bond acceptors (Lipinski definition) is 6. The number of carbonyl (C=O) groups excluding carboxylic acids is 2. The molecule has 1 heterocycles. The maximum Gasteiger partial charge on any atom is 0.337 e. The second kappa shape index (κ2) is 9.51. The van der Waals surface area contributed by atoms with Crippen LogP contribution in [0.4, 0.5) is 0 Å². The number of ether oxygens (including phenoxy) is 3. The Morgan fingerprint density at radius 1 is 1.27 bits per heavy atom. The Hall–Kier alpha value is -2.41. The first-order valence-electron chi connectivity index (χ1n) is 6.33. The molecule has 22 heavy (non-hydrogen) atoms. The third-order valence-corrected chi connectivity index (χ3v) is 2.38. The topological polar surface area (TPSA) is 102 Å². The molecule has 1 aliphatic rings. The van der Waals surface area contributed by atoms with Gasteiger partial charge < -0.3 is 19.3 Å². The molecule has 0 amide bonds. The lowest BCUT2D eigenvalue weighted by atomic mass is 10.2. The van der Waals surface area contributed by atoms with Gasteiger partial charge in [0.15, 0.2) is 0 Å². The van der Waals surface area contributed by atoms with Gasteiger partial charge in [0, 0.05) is 17.6 Å². The van der Waals surface area contributed by atoms with E-state index in [1.54, 1.807) is 0 Å². The van der Waals surface area contributed by atoms with Gasteiger partial charge in [0.25, 0.3) is 0 Å². The Morgan fingerprint density at radius 3 is 2.18 bits per heavy atom. The highest BCUT2D eigenvalue weighted by Crippen LogP contribution is 2.18. The monoisotopic (exact) mass is 312 g/mol. The Balaban J connectivity index is 0.000000406. The first-order chi connectivity index (χ1) is 10.2. The number of carbonyl (C=O) groups is 3. The van der Waals surface area contributed by atoms with Crippen molar-refractivity contribution in [3.63, 3.8) is 0 Å². The van der Waals surface area contributed by atoms with Gasteiger partial charge in [-0.3, -0.25) is 0 Å². The van der Waals surface area contributed by atoms with Crippen LogP contribution < -0.4 is 0 Å². The van der Waals surface area contributed by atoms with Gasteiger partial charge >= 0.3 is 17.9 Å². The summed E-state index contributed by atoms with van der Waals surface area (Å²) in [6.45, 7) is 10.4. The fraction of sp³-hybridized carbons (Fsp3) is 0.400. The van der Waals surface area contributed by atoms with Gasteiger partial charge in [-0.1, -0.05) is 13.2 Å². The van der Waals surface area contributed by atoms with E-state index >= 15 is 0 Å². The van der Waals surface area contributed by atoms with Crippen LogP contribution in [0.1, 0.15) is 20.3 Å². The molecule has 7 heteroatoms. The van der Waals surface area contributed by atoms with Crippen LogP contribution in [-0.2, 0) is 28.6 Å². The van der Waals surface area contributed by atoms with Crippen molar-refractivity contribution >= 4 is 17.9 Å². The highest BCUT2D eigenvalue weighted by molar-refractivity contribution is 5.89. The van der Waals surface area contributed by atoms with Crippen molar-refractivity contribution in [2.24, 2.45) is 0 Å². The zero-order chi connectivity index (χ0) is 17.3. The number of carboxylic acid groups (broad SMARTS) is 1. The van der Waals surface area contributed by atoms with Crippen molar-refractivity contribution in [3.8, 4) is 0 Å². The molecule has 1 saturated heterocycles. The molecule has 1 rings (SSSR count). The number of methoxy groups -OCH3 is 1. The molecule has 0 saturated carbocycles. The molecule has 1 atom stereocenters. The summed E-state index contributed by atoms with van der Waals surface area (Å²) < 4.78 is 13.8. The van der Waals surface area contributed by atoms with Crippen LogP contribution in [-0.4, -0.2) is 42.8 Å². The van der Waals surface area contributed by atoms with Crippen LogP contribution in [0, 0.1) is 0 Å². The van der Waals surface area contributed by atoms with E-state index in [0.717, 1.165) is 12.9 Å². The summed E-state index contributed by atoms with van der Waals surface area (Å²) in [6.07, 6.45) is 1.71. The molecule has 1 N–H and O–H groups in total. The predicted octanol–water partition coefficient (Wildman–Crippen LogP) is 1.60. The van der Waals surface area contributed by atoms with Gasteiger partial charge in [0.2, 0.25) is 0 Å². The van der Waals surface area contributed by atoms with Gasteiger partial charge in [-0.25, -0.2) is 14.4 Å². The van der Waals surface area contributed by atoms with Crippen LogP contribution in [0.5, 0.6) is 0 Å². The minimum Gasteiger partial charge on any atom is -0.478 e. The van der Waals surface area contributed by atoms with E-state index in [1.165, 1.54) is 21.0 Å². The Kier molecular flexibility index (Phi) is 8.47. The number of epoxide rings is 1. The van der Waals surface area contributed by atoms with Crippen LogP contribution >= 0.6 is 0 Å². The molecule has 0 spiro atoms. The lowest BCUT2D eigenvalue weighted by Crippen LogP contribution is -2.05. The first kappa shape index (κ1) is 19.6. The smallest absolute Gasteiger partial charge is 0.337 e. The molecule has 0 bridgehead atoms. The minimum absolute atomic E-state index is 0.0374. The van der Waals surface area contributed by atoms with Crippen molar-refractivity contribution in [1.82, 2.24) is 0 Å². The predicted molar refractivity (Wildman–Crippen MR) is 77.8 cm³/mol. The highest BCUT2D eigenvalue weighted by Gasteiger charge is 2.25. The van der Waals surface area contributed by atoms with Crippen molar-refractivity contribution in [3.05, 3.63) is 36.1 Å². The molecule has 0 aromatic carbocycles. The Morgan fingerprint density at radius 2 is 1.82 bits per heavy atom. The molecule has 1 unspecified atom stereocenters. The highest BCUT2D eigenvalue weighted by atomic mass is 16.6. The van der Waals surface area contributed by atoms with E-state index in [2.05, 4.69) is 22.6 Å². The molecule has 0 aromatic heterocycles. The summed E-state index contributed by atoms with van der Waals surface area (Å²) in [6, 6.07) is 0. The van der Waals surface area contributed by atoms with E-state index in [9.17, 15) is 14.4 Å². The van der Waals surface area contributed by atoms with Gasteiger partial charge in [-0.2, -0.15) is 0 Å². The number of rotatable bonds is 6. The lowest BCUT2D eigenvalue weighted by molar-refractivity contribution is -0.136. The number of esters is 2. The summed E-state index contributed by atoms with van der Waals surface area (Å²) in [7, 11) is 1.35. The van der Waals surface area contributed by atoms with Gasteiger partial charge in [-0.15, -0.1) is 0 Å². The summed E-state index contributed by atoms with van der Waals surface area (Å²) in [4.78, 5) is 31.6. The maximum atomic E-state index is 10.7. The molecular formula is C15H20O7. The van der Waals surface area contributed by atoms with Crippen molar-refractivity contribution in [2.45, 2.75) is 26.4 Å². The SMILES string of the molecule is C=C(C)C(=O)OC=C(C)C(=O)O.C=C(CC1CO1)C(=O)OC. The van der Waals surface area contributed by atoms with Crippen molar-refractivity contribution < 1.29 is 33.7 Å². The van der Waals surface area contributed by atoms with E-state index in [-0.39, 0.29) is 23.2 Å². The fourth-order valence-corrected chi connectivity index (χ4v) is 0.981. The van der Waals surface area contributed by atoms with E-state index in [1.807, 2.05) is 0 Å². The van der Waals surface area contributed by atoms with Crippen LogP contribution in [0.3, 0.4) is 0 Å². The number of hydrogen-bond donors (Lipinski definition) is 1. The molecule has 0 radical (unpaired) electrons. The summed E-state index contributed by atoms with van der Waals surface area (Å²) in [5.41, 5.74) is 0.680. The van der Waals surface area contributed by atoms with Gasteiger partial charge in [0.05, 0.1) is 25.4 Å². The summed E-state index contributed by atoms with van der Waals surface area (Å²) >= 11 is 0. The zero-order valence-electron chi connectivity index (χ0n) is 12.9. The van der Waals surface area contributed by atoms with Crippen LogP contribution in [0.15, 0.2) is 36.1 Å². The molecule has 0 aromatic rings. The number of carboxylic acids is 1. The normalized spacial score (nSPS) is 15.8. The quantitative estimate of drug-likeness (QED) is 0.344. The second-order valence-electron chi connectivity index (χ2n) is 4.55. The van der Waals surface area contributed by atoms with E-state index < -0.39 is 11.9 Å². The second-order valence-corrected chi connectivity index (χ2v) is 4.55. The summed E-state index contributed by atoms with van der Waals surface area (Å²) in [5.74, 6) is -2.09. The average Bonchev–Trinajstić information content (AvgIpc) is 3.27. The summed E-state index contributed by atoms with van der Waals surface area (Å²) in [5, 5.41) is 8.35. The third-order valence-electron chi connectivity index (χ3n) is 2.38. The minimum atomic E-state index is -1.12. The maximum absolute atomic E-state index is 10.7. The lowest BCUT2D eigenvalue weighted by Gasteiger charge is -1.98. The largest absolute Gasteiger partial charge is 0.478 e. The number of aliphatic carboxylic acids is 1. The van der Waals surface area contributed by atoms with E-state index in [4.69, 9.17) is 9.84 Å². The van der Waals surface area contributed by atoms with Crippen LogP contribution in [0.2, 0.25) is 0 Å². The van der Waals surface area contributed by atoms with Crippen LogP contribution in [0.25, 0.3) is 0 Å². The molecule has 7 nitrogen and oxygen atoms in total. The molecule has 1 aliphatic heterocycles. The van der Waals surface area contributed by atoms with Crippen molar-refractivity contribution in [2.75, 3.05) is 13.7 Å². The Bertz CT molecular complexity index is 498. The first-order valence-corrected chi connectivity index (χ1v) is 6.33. The molecule has 122 valence electrons. The zero-order valence-corrected chi connectivity index (χ0v) is 12.9. The Labute approximate surface area is 128 Å². The average molecular weight is 312 g/mol. The van der Waals surface area contributed by atoms with Gasteiger partial charge in [-0.05, 0) is 13.8 Å². The van der Waals surface area contributed by atoms with Gasteiger partial charge in [0.1, 0.15) is 6.26 Å². The fourth-order valence-electron chi connectivity index (χ4n) is 0.981. The standard InChI is InChI=1S/C8H10O4.C7H10O3/c1-5(2)8(11)12-4-6(3)7(9)10;1-5(7(8)9-2)3-6-4-10-6/h4H,1H2,2-3H3,(H,9,10);6H,1,3-4H2,2H3. The van der Waals surface area contributed by atoms with E-state index in [0.29, 0.717) is 12.0 Å². The molecule has 1 fully saturated rings.